The van der Waals surface area contributed by atoms with Gasteiger partial charge in [-0.15, -0.1) is 0 Å². The number of Topliss-reactive ketones (excluding diaryl/α,β-unsaturated/α-hetero) is 1. The van der Waals surface area contributed by atoms with Crippen molar-refractivity contribution in [2.24, 2.45) is 0 Å². The highest BCUT2D eigenvalue weighted by molar-refractivity contribution is 5.99. The quantitative estimate of drug-likeness (QED) is 0.748. The van der Waals surface area contributed by atoms with Gasteiger partial charge in [0.05, 0.1) is 6.54 Å². The van der Waals surface area contributed by atoms with Crippen LogP contribution in [0.25, 0.3) is 0 Å². The minimum Gasteiger partial charge on any atom is -0.302 e. The average molecular weight is 233 g/mol. The Bertz CT molecular complexity index is 413. The highest BCUT2D eigenvalue weighted by atomic mass is 16.1. The molecule has 2 nitrogen and oxygen atoms in total. The van der Waals surface area contributed by atoms with Crippen molar-refractivity contribution in [3.8, 4) is 0 Å². The Hall–Kier alpha value is -1.15. The van der Waals surface area contributed by atoms with Gasteiger partial charge in [0.2, 0.25) is 0 Å². The largest absolute Gasteiger partial charge is 0.302 e. The molecule has 0 aromatic heterocycles. The van der Waals surface area contributed by atoms with Gasteiger partial charge < -0.3 is 4.90 Å². The van der Waals surface area contributed by atoms with Crippen molar-refractivity contribution in [2.45, 2.75) is 33.1 Å². The average Bonchev–Trinajstić information content (AvgIpc) is 2.15. The second-order valence-corrected chi connectivity index (χ2v) is 5.94. The summed E-state index contributed by atoms with van der Waals surface area (Å²) in [6, 6.07) is 6.20. The smallest absolute Gasteiger partial charge is 0.177 e. The van der Waals surface area contributed by atoms with Gasteiger partial charge in [-0.1, -0.05) is 32.9 Å². The predicted octanol–water partition coefficient (Wildman–Crippen LogP) is 3.04. The number of carbonyl (C=O) groups excluding carboxylic acids is 1. The Labute approximate surface area is 105 Å². The predicted molar refractivity (Wildman–Crippen MR) is 72.8 cm³/mol. The van der Waals surface area contributed by atoms with Gasteiger partial charge in [-0.2, -0.15) is 0 Å². The molecule has 17 heavy (non-hydrogen) atoms. The van der Waals surface area contributed by atoms with E-state index in [-0.39, 0.29) is 11.2 Å². The lowest BCUT2D eigenvalue weighted by Gasteiger charge is -2.21. The van der Waals surface area contributed by atoms with Crippen LogP contribution in [0.1, 0.15) is 42.3 Å². The molecule has 0 N–H and O–H groups in total. The fourth-order valence-electron chi connectivity index (χ4n) is 1.76. The van der Waals surface area contributed by atoms with Crippen LogP contribution >= 0.6 is 0 Å². The summed E-state index contributed by atoms with van der Waals surface area (Å²) >= 11 is 0. The van der Waals surface area contributed by atoms with E-state index in [0.717, 1.165) is 11.1 Å². The minimum absolute atomic E-state index is 0.0842. The van der Waals surface area contributed by atoms with Gasteiger partial charge in [-0.05, 0) is 43.6 Å². The van der Waals surface area contributed by atoms with Crippen molar-refractivity contribution < 1.29 is 4.79 Å². The van der Waals surface area contributed by atoms with Gasteiger partial charge in [0.1, 0.15) is 0 Å². The summed E-state index contributed by atoms with van der Waals surface area (Å²) in [7, 11) is 3.84. The molecule has 0 unspecified atom stereocenters. The van der Waals surface area contributed by atoms with E-state index in [1.54, 1.807) is 0 Å². The van der Waals surface area contributed by atoms with Crippen molar-refractivity contribution in [2.75, 3.05) is 20.6 Å². The number of hydrogen-bond donors (Lipinski definition) is 0. The molecule has 0 heterocycles. The van der Waals surface area contributed by atoms with E-state index in [4.69, 9.17) is 0 Å². The molecular formula is C15H23NO. The third kappa shape index (κ3) is 3.67. The second-order valence-electron chi connectivity index (χ2n) is 5.94. The summed E-state index contributed by atoms with van der Waals surface area (Å²) in [6.45, 7) is 8.96. The number of carbonyl (C=O) groups is 1. The number of nitrogens with zero attached hydrogens (tertiary/aromatic N) is 1. The molecule has 0 aliphatic heterocycles. The lowest BCUT2D eigenvalue weighted by molar-refractivity contribution is 0.0957. The molecule has 1 aromatic carbocycles. The topological polar surface area (TPSA) is 20.3 Å². The summed E-state index contributed by atoms with van der Waals surface area (Å²) in [4.78, 5) is 14.0. The van der Waals surface area contributed by atoms with E-state index in [1.807, 2.05) is 38.1 Å². The molecule has 2 heteroatoms. The summed E-state index contributed by atoms with van der Waals surface area (Å²) < 4.78 is 0. The zero-order valence-corrected chi connectivity index (χ0v) is 11.8. The van der Waals surface area contributed by atoms with Crippen LogP contribution in [0, 0.1) is 6.92 Å². The maximum atomic E-state index is 12.1. The van der Waals surface area contributed by atoms with Crippen LogP contribution in [0.15, 0.2) is 18.2 Å². The number of benzene rings is 1. The summed E-state index contributed by atoms with van der Waals surface area (Å²) in [5.74, 6) is 0.193. The highest BCUT2D eigenvalue weighted by Gasteiger charge is 2.17. The third-order valence-electron chi connectivity index (χ3n) is 2.86. The Morgan fingerprint density at radius 1 is 1.24 bits per heavy atom. The molecule has 0 aliphatic carbocycles. The first-order valence-electron chi connectivity index (χ1n) is 6.01. The van der Waals surface area contributed by atoms with E-state index >= 15 is 0 Å². The second kappa shape index (κ2) is 5.01. The Morgan fingerprint density at radius 3 is 2.29 bits per heavy atom. The normalized spacial score (nSPS) is 11.9. The minimum atomic E-state index is 0.0842. The number of hydrogen-bond acceptors (Lipinski definition) is 2. The molecule has 94 valence electrons. The number of rotatable bonds is 3. The first-order chi connectivity index (χ1) is 7.71. The zero-order valence-electron chi connectivity index (χ0n) is 11.8. The molecule has 0 amide bonds. The third-order valence-corrected chi connectivity index (χ3v) is 2.86. The fourth-order valence-corrected chi connectivity index (χ4v) is 1.76. The Kier molecular flexibility index (Phi) is 4.10. The van der Waals surface area contributed by atoms with E-state index < -0.39 is 0 Å². The van der Waals surface area contributed by atoms with Crippen LogP contribution in [-0.2, 0) is 5.41 Å². The first kappa shape index (κ1) is 13.9. The fraction of sp³-hybridized carbons (Fsp3) is 0.533. The van der Waals surface area contributed by atoms with Crippen LogP contribution < -0.4 is 0 Å². The molecule has 0 radical (unpaired) electrons. The van der Waals surface area contributed by atoms with Crippen LogP contribution in [0.2, 0.25) is 0 Å². The van der Waals surface area contributed by atoms with Gasteiger partial charge in [-0.3, -0.25) is 4.79 Å². The van der Waals surface area contributed by atoms with Gasteiger partial charge >= 0.3 is 0 Å². The standard InChI is InChI=1S/C15H23NO/c1-11-7-8-12(15(2,3)4)9-13(11)14(17)10-16(5)6/h7-9H,10H2,1-6H3. The maximum Gasteiger partial charge on any atom is 0.177 e. The van der Waals surface area contributed by atoms with E-state index in [0.29, 0.717) is 6.54 Å². The molecule has 1 aromatic rings. The lowest BCUT2D eigenvalue weighted by Crippen LogP contribution is -2.23. The Morgan fingerprint density at radius 2 is 1.82 bits per heavy atom. The van der Waals surface area contributed by atoms with Gasteiger partial charge in [0, 0.05) is 5.56 Å². The lowest BCUT2D eigenvalue weighted by atomic mass is 9.85. The number of likely N-dealkylation sites (N-methyl/N-ethyl adjacent to an activating group) is 1. The summed E-state index contributed by atoms with van der Waals surface area (Å²) in [5, 5.41) is 0. The zero-order chi connectivity index (χ0) is 13.2. The molecule has 0 saturated carbocycles. The summed E-state index contributed by atoms with van der Waals surface area (Å²) in [6.07, 6.45) is 0. The summed E-state index contributed by atoms with van der Waals surface area (Å²) in [5.41, 5.74) is 3.21. The SMILES string of the molecule is Cc1ccc(C(C)(C)C)cc1C(=O)CN(C)C. The Balaban J connectivity index is 3.11. The molecule has 0 atom stereocenters. The molecule has 0 spiro atoms. The maximum absolute atomic E-state index is 12.1. The molecule has 1 rings (SSSR count). The molecule has 0 saturated heterocycles. The molecule has 0 bridgehead atoms. The van der Waals surface area contributed by atoms with Crippen molar-refractivity contribution >= 4 is 5.78 Å². The van der Waals surface area contributed by atoms with Crippen molar-refractivity contribution in [3.63, 3.8) is 0 Å². The van der Waals surface area contributed by atoms with Crippen LogP contribution in [0.3, 0.4) is 0 Å². The van der Waals surface area contributed by atoms with Crippen molar-refractivity contribution in [1.82, 2.24) is 4.90 Å². The van der Waals surface area contributed by atoms with E-state index in [9.17, 15) is 4.79 Å². The van der Waals surface area contributed by atoms with Gasteiger partial charge in [-0.25, -0.2) is 0 Å². The van der Waals surface area contributed by atoms with Crippen LogP contribution in [-0.4, -0.2) is 31.3 Å². The van der Waals surface area contributed by atoms with Crippen molar-refractivity contribution in [3.05, 3.63) is 34.9 Å². The molecule has 0 aliphatic rings. The van der Waals surface area contributed by atoms with Crippen molar-refractivity contribution in [1.29, 1.82) is 0 Å². The number of ketones is 1. The monoisotopic (exact) mass is 233 g/mol. The van der Waals surface area contributed by atoms with Gasteiger partial charge in [0.15, 0.2) is 5.78 Å². The highest BCUT2D eigenvalue weighted by Crippen LogP contribution is 2.24. The first-order valence-corrected chi connectivity index (χ1v) is 6.01. The van der Waals surface area contributed by atoms with Gasteiger partial charge in [0.25, 0.3) is 0 Å². The van der Waals surface area contributed by atoms with E-state index in [1.165, 1.54) is 5.56 Å². The molecule has 0 fully saturated rings. The van der Waals surface area contributed by atoms with Crippen LogP contribution in [0.5, 0.6) is 0 Å². The number of aryl methyl sites for hydroxylation is 1. The van der Waals surface area contributed by atoms with E-state index in [2.05, 4.69) is 26.8 Å². The van der Waals surface area contributed by atoms with Crippen LogP contribution in [0.4, 0.5) is 0 Å². The molecular weight excluding hydrogens is 210 g/mol.